The van der Waals surface area contributed by atoms with Gasteiger partial charge in [-0.05, 0) is 25.3 Å². The van der Waals surface area contributed by atoms with Gasteiger partial charge in [-0.1, -0.05) is 30.3 Å². The maximum Gasteiger partial charge on any atom is 0.328 e. The van der Waals surface area contributed by atoms with Gasteiger partial charge in [0.15, 0.2) is 0 Å². The highest BCUT2D eigenvalue weighted by Gasteiger charge is 2.56. The molecule has 0 radical (unpaired) electrons. The van der Waals surface area contributed by atoms with Crippen LogP contribution in [0.2, 0.25) is 0 Å². The zero-order valence-electron chi connectivity index (χ0n) is 17.5. The molecule has 0 aliphatic carbocycles. The van der Waals surface area contributed by atoms with Gasteiger partial charge in [0.2, 0.25) is 0 Å². The SMILES string of the molecule is CCOC(=O)CN1C(=O)C2C(NC3N(CCc4ccccc4)CCCN23)N(C)C1=O. The maximum absolute atomic E-state index is 13.2. The Morgan fingerprint density at radius 3 is 2.70 bits per heavy atom. The Labute approximate surface area is 176 Å². The van der Waals surface area contributed by atoms with Crippen molar-refractivity contribution in [1.82, 2.24) is 24.9 Å². The molecule has 30 heavy (non-hydrogen) atoms. The number of nitrogens with one attached hydrogen (secondary N) is 1. The Morgan fingerprint density at radius 1 is 1.20 bits per heavy atom. The molecule has 0 aromatic heterocycles. The third-order valence-electron chi connectivity index (χ3n) is 6.09. The Kier molecular flexibility index (Phi) is 6.03. The quantitative estimate of drug-likeness (QED) is 0.668. The third kappa shape index (κ3) is 3.80. The van der Waals surface area contributed by atoms with Crippen LogP contribution in [0.3, 0.4) is 0 Å². The van der Waals surface area contributed by atoms with Crippen molar-refractivity contribution in [2.45, 2.75) is 38.3 Å². The minimum Gasteiger partial charge on any atom is -0.465 e. The molecule has 1 aromatic rings. The molecule has 9 nitrogen and oxygen atoms in total. The summed E-state index contributed by atoms with van der Waals surface area (Å²) < 4.78 is 4.94. The minimum atomic E-state index is -0.573. The molecular formula is C21H29N5O4. The monoisotopic (exact) mass is 415 g/mol. The molecule has 3 heterocycles. The maximum atomic E-state index is 13.2. The fraction of sp³-hybridized carbons (Fsp3) is 0.571. The van der Waals surface area contributed by atoms with Gasteiger partial charge >= 0.3 is 12.0 Å². The van der Waals surface area contributed by atoms with E-state index >= 15 is 0 Å². The first-order chi connectivity index (χ1) is 14.5. The van der Waals surface area contributed by atoms with Gasteiger partial charge in [-0.3, -0.25) is 29.6 Å². The van der Waals surface area contributed by atoms with Crippen LogP contribution in [-0.4, -0.2) is 95.8 Å². The minimum absolute atomic E-state index is 0.112. The van der Waals surface area contributed by atoms with Crippen LogP contribution in [-0.2, 0) is 20.7 Å². The number of likely N-dealkylation sites (N-methyl/N-ethyl adjacent to an activating group) is 1. The number of carbonyl (C=O) groups excluding carboxylic acids is 3. The second-order valence-corrected chi connectivity index (χ2v) is 7.92. The number of ether oxygens (including phenoxy) is 1. The van der Waals surface area contributed by atoms with Crippen LogP contribution in [0.4, 0.5) is 4.79 Å². The summed E-state index contributed by atoms with van der Waals surface area (Å²) in [5.74, 6) is -0.909. The largest absolute Gasteiger partial charge is 0.465 e. The number of amides is 3. The molecule has 162 valence electrons. The number of carbonyl (C=O) groups is 3. The molecule has 0 spiro atoms. The highest BCUT2D eigenvalue weighted by molar-refractivity contribution is 6.02. The molecule has 3 fully saturated rings. The van der Waals surface area contributed by atoms with Gasteiger partial charge in [0, 0.05) is 26.7 Å². The van der Waals surface area contributed by atoms with Crippen molar-refractivity contribution in [3.8, 4) is 0 Å². The Bertz CT molecular complexity index is 804. The van der Waals surface area contributed by atoms with E-state index in [1.807, 2.05) is 18.2 Å². The summed E-state index contributed by atoms with van der Waals surface area (Å²) in [6, 6.07) is 9.34. The Morgan fingerprint density at radius 2 is 1.97 bits per heavy atom. The van der Waals surface area contributed by atoms with E-state index in [2.05, 4.69) is 27.2 Å². The van der Waals surface area contributed by atoms with Crippen LogP contribution in [0.1, 0.15) is 18.9 Å². The zero-order valence-corrected chi connectivity index (χ0v) is 17.5. The summed E-state index contributed by atoms with van der Waals surface area (Å²) in [5.41, 5.74) is 1.27. The van der Waals surface area contributed by atoms with Crippen LogP contribution < -0.4 is 5.32 Å². The van der Waals surface area contributed by atoms with Crippen molar-refractivity contribution in [2.24, 2.45) is 0 Å². The predicted octanol–water partition coefficient (Wildman–Crippen LogP) is 0.275. The molecule has 3 atom stereocenters. The summed E-state index contributed by atoms with van der Waals surface area (Å²) in [6.07, 6.45) is 1.34. The molecule has 0 bridgehead atoms. The highest BCUT2D eigenvalue weighted by Crippen LogP contribution is 2.30. The lowest BCUT2D eigenvalue weighted by atomic mass is 10.1. The van der Waals surface area contributed by atoms with Crippen LogP contribution in [0.15, 0.2) is 30.3 Å². The molecule has 3 aliphatic heterocycles. The fourth-order valence-corrected chi connectivity index (χ4v) is 4.62. The van der Waals surface area contributed by atoms with Crippen molar-refractivity contribution in [2.75, 3.05) is 39.8 Å². The number of urea groups is 1. The van der Waals surface area contributed by atoms with Gasteiger partial charge in [0.25, 0.3) is 5.91 Å². The number of imide groups is 1. The first-order valence-electron chi connectivity index (χ1n) is 10.5. The van der Waals surface area contributed by atoms with E-state index in [1.54, 1.807) is 14.0 Å². The summed E-state index contributed by atoms with van der Waals surface area (Å²) >= 11 is 0. The van der Waals surface area contributed by atoms with Crippen LogP contribution >= 0.6 is 0 Å². The first-order valence-corrected chi connectivity index (χ1v) is 10.5. The van der Waals surface area contributed by atoms with Gasteiger partial charge in [-0.15, -0.1) is 0 Å². The third-order valence-corrected chi connectivity index (χ3v) is 6.09. The summed E-state index contributed by atoms with van der Waals surface area (Å²) in [7, 11) is 1.67. The molecule has 1 aromatic carbocycles. The second kappa shape index (κ2) is 8.71. The number of hydrogen-bond donors (Lipinski definition) is 1. The van der Waals surface area contributed by atoms with E-state index < -0.39 is 24.2 Å². The smallest absolute Gasteiger partial charge is 0.328 e. The summed E-state index contributed by atoms with van der Waals surface area (Å²) in [4.78, 5) is 44.9. The molecule has 0 saturated carbocycles. The topological polar surface area (TPSA) is 85.4 Å². The van der Waals surface area contributed by atoms with Crippen LogP contribution in [0.5, 0.6) is 0 Å². The number of rotatable bonds is 6. The first kappa shape index (κ1) is 20.8. The van der Waals surface area contributed by atoms with E-state index in [0.717, 1.165) is 37.4 Å². The standard InChI is InChI=1S/C21H29N5O4/c1-3-30-16(27)14-26-19(28)17-18(23(2)21(26)29)22-20-24(11-7-12-25(17)20)13-10-15-8-5-4-6-9-15/h4-6,8-9,17-18,20,22H,3,7,10-14H2,1-2H3. The fourth-order valence-electron chi connectivity index (χ4n) is 4.62. The van der Waals surface area contributed by atoms with Crippen molar-refractivity contribution < 1.29 is 19.1 Å². The highest BCUT2D eigenvalue weighted by atomic mass is 16.5. The van der Waals surface area contributed by atoms with Gasteiger partial charge in [0.1, 0.15) is 25.0 Å². The van der Waals surface area contributed by atoms with Crippen molar-refractivity contribution in [3.05, 3.63) is 35.9 Å². The van der Waals surface area contributed by atoms with E-state index in [4.69, 9.17) is 4.74 Å². The lowest BCUT2D eigenvalue weighted by molar-refractivity contribution is -0.151. The molecule has 3 unspecified atom stereocenters. The number of hydrogen-bond acceptors (Lipinski definition) is 7. The normalized spacial score (nSPS) is 27.2. The molecule has 4 rings (SSSR count). The molecule has 3 aliphatic rings. The van der Waals surface area contributed by atoms with Gasteiger partial charge in [0.05, 0.1) is 6.61 Å². The number of nitrogens with zero attached hydrogens (tertiary/aromatic N) is 4. The van der Waals surface area contributed by atoms with Crippen molar-refractivity contribution in [1.29, 1.82) is 0 Å². The van der Waals surface area contributed by atoms with Crippen LogP contribution in [0, 0.1) is 0 Å². The lowest BCUT2D eigenvalue weighted by Crippen LogP contribution is -2.67. The van der Waals surface area contributed by atoms with Crippen LogP contribution in [0.25, 0.3) is 0 Å². The van der Waals surface area contributed by atoms with Crippen molar-refractivity contribution >= 4 is 17.9 Å². The summed E-state index contributed by atoms with van der Waals surface area (Å²) in [6.45, 7) is 4.11. The number of benzene rings is 1. The summed E-state index contributed by atoms with van der Waals surface area (Å²) in [5, 5.41) is 3.48. The zero-order chi connectivity index (χ0) is 21.3. The second-order valence-electron chi connectivity index (χ2n) is 7.92. The Balaban J connectivity index is 1.49. The molecule has 3 amide bonds. The van der Waals surface area contributed by atoms with Crippen molar-refractivity contribution in [3.63, 3.8) is 0 Å². The van der Waals surface area contributed by atoms with E-state index in [-0.39, 0.29) is 25.3 Å². The molecule has 9 heteroatoms. The number of esters is 1. The molecular weight excluding hydrogens is 386 g/mol. The lowest BCUT2D eigenvalue weighted by Gasteiger charge is -2.43. The predicted molar refractivity (Wildman–Crippen MR) is 109 cm³/mol. The number of fused-ring (bicyclic) bond motifs is 3. The van der Waals surface area contributed by atoms with E-state index in [0.29, 0.717) is 0 Å². The van der Waals surface area contributed by atoms with E-state index in [9.17, 15) is 14.4 Å². The molecule has 3 saturated heterocycles. The Hall–Kier alpha value is -2.49. The van der Waals surface area contributed by atoms with E-state index in [1.165, 1.54) is 10.5 Å². The average molecular weight is 415 g/mol. The van der Waals surface area contributed by atoms with Gasteiger partial charge < -0.3 is 9.64 Å². The van der Waals surface area contributed by atoms with Gasteiger partial charge in [-0.2, -0.15) is 0 Å². The molecule has 1 N–H and O–H groups in total. The average Bonchev–Trinajstić information content (AvgIpc) is 3.15. The van der Waals surface area contributed by atoms with Gasteiger partial charge in [-0.25, -0.2) is 4.79 Å².